The molecule has 0 radical (unpaired) electrons. The Kier molecular flexibility index (Phi) is 4.25. The molecule has 0 aliphatic heterocycles. The van der Waals surface area contributed by atoms with Gasteiger partial charge in [0, 0.05) is 11.2 Å². The second-order valence-corrected chi connectivity index (χ2v) is 6.47. The summed E-state index contributed by atoms with van der Waals surface area (Å²) in [6, 6.07) is 7.32. The van der Waals surface area contributed by atoms with E-state index in [4.69, 9.17) is 15.4 Å². The lowest BCUT2D eigenvalue weighted by molar-refractivity contribution is 0.241. The lowest BCUT2D eigenvalue weighted by Crippen LogP contribution is -2.13. The highest BCUT2D eigenvalue weighted by Gasteiger charge is 2.13. The van der Waals surface area contributed by atoms with Crippen LogP contribution in [-0.4, -0.2) is 10.3 Å². The van der Waals surface area contributed by atoms with Crippen LogP contribution in [0.4, 0.5) is 0 Å². The van der Waals surface area contributed by atoms with Crippen LogP contribution in [0, 0.1) is 6.92 Å². The molecule has 4 heteroatoms. The number of aryl methyl sites for hydroxylation is 1. The zero-order valence-electron chi connectivity index (χ0n) is 9.23. The number of hydrogen-bond donors (Lipinski definition) is 0. The van der Waals surface area contributed by atoms with Crippen LogP contribution in [0.15, 0.2) is 29.2 Å². The lowest BCUT2D eigenvalue weighted by Gasteiger charge is -2.13. The van der Waals surface area contributed by atoms with Crippen LogP contribution < -0.4 is 0 Å². The van der Waals surface area contributed by atoms with Crippen molar-refractivity contribution in [3.8, 4) is 0 Å². The molecule has 2 unspecified atom stereocenters. The summed E-state index contributed by atoms with van der Waals surface area (Å²) in [6.07, 6.45) is 0.732. The summed E-state index contributed by atoms with van der Waals surface area (Å²) < 4.78 is 17.4. The highest BCUT2D eigenvalue weighted by atomic mass is 32.8. The van der Waals surface area contributed by atoms with Gasteiger partial charge in [-0.05, 0) is 32.4 Å². The Hall–Kier alpha value is -0.450. The van der Waals surface area contributed by atoms with Crippen molar-refractivity contribution in [3.05, 3.63) is 29.8 Å². The Morgan fingerprint density at radius 2 is 1.93 bits per heavy atom. The average molecular weight is 244 g/mol. The van der Waals surface area contributed by atoms with Crippen molar-refractivity contribution in [1.29, 1.82) is 0 Å². The van der Waals surface area contributed by atoms with Crippen LogP contribution in [0.3, 0.4) is 0 Å². The fourth-order valence-electron chi connectivity index (χ4n) is 1.04. The van der Waals surface area contributed by atoms with Crippen LogP contribution in [0.1, 0.15) is 25.8 Å². The van der Waals surface area contributed by atoms with Gasteiger partial charge in [-0.3, -0.25) is 4.18 Å². The monoisotopic (exact) mass is 244 g/mol. The molecular weight excluding hydrogens is 228 g/mol. The van der Waals surface area contributed by atoms with Gasteiger partial charge in [-0.2, -0.15) is 0 Å². The molecule has 0 bridgehead atoms. The second-order valence-electron chi connectivity index (χ2n) is 3.58. The van der Waals surface area contributed by atoms with Gasteiger partial charge in [0.1, 0.15) is 0 Å². The van der Waals surface area contributed by atoms with Gasteiger partial charge >= 0.3 is 0 Å². The molecule has 0 aliphatic carbocycles. The smallest absolute Gasteiger partial charge is 0.173 e. The summed E-state index contributed by atoms with van der Waals surface area (Å²) in [5.41, 5.74) is 1.12. The number of rotatable bonds is 4. The largest absolute Gasteiger partial charge is 0.283 e. The van der Waals surface area contributed by atoms with Crippen molar-refractivity contribution in [2.45, 2.75) is 38.2 Å². The predicted molar refractivity (Wildman–Crippen MR) is 65.8 cm³/mol. The third-order valence-corrected chi connectivity index (χ3v) is 4.42. The summed E-state index contributed by atoms with van der Waals surface area (Å²) in [6.45, 7) is 5.83. The molecule has 1 aromatic carbocycles. The summed E-state index contributed by atoms with van der Waals surface area (Å²) in [7, 11) is -2.76. The maximum absolute atomic E-state index is 12.1. The van der Waals surface area contributed by atoms with E-state index < -0.39 is 8.77 Å². The van der Waals surface area contributed by atoms with Crippen molar-refractivity contribution < 1.29 is 8.39 Å². The normalized spacial score (nSPS) is 17.0. The van der Waals surface area contributed by atoms with Crippen LogP contribution in [0.5, 0.6) is 0 Å². The molecule has 0 heterocycles. The van der Waals surface area contributed by atoms with Gasteiger partial charge in [0.05, 0.1) is 11.0 Å². The van der Waals surface area contributed by atoms with Gasteiger partial charge in [-0.15, -0.1) is 0 Å². The first kappa shape index (κ1) is 12.6. The zero-order chi connectivity index (χ0) is 11.5. The van der Waals surface area contributed by atoms with Gasteiger partial charge in [-0.25, -0.2) is 4.21 Å². The molecule has 0 saturated carbocycles. The molecule has 0 N–H and O–H groups in total. The van der Waals surface area contributed by atoms with E-state index >= 15 is 0 Å². The standard InChI is InChI=1S/C11H16O2S2/c1-4-10(3)13-15(12,14)11-7-5-9(2)6-8-11/h5-8,10H,4H2,1-3H3. The van der Waals surface area contributed by atoms with Crippen LogP contribution in [0.25, 0.3) is 0 Å². The Bertz CT molecular complexity index is 407. The first-order chi connectivity index (χ1) is 6.95. The molecule has 0 aromatic heterocycles. The van der Waals surface area contributed by atoms with E-state index in [9.17, 15) is 4.21 Å². The van der Waals surface area contributed by atoms with Gasteiger partial charge < -0.3 is 0 Å². The third-order valence-electron chi connectivity index (χ3n) is 2.18. The molecular formula is C11H16O2S2. The van der Waals surface area contributed by atoms with Crippen molar-refractivity contribution in [2.75, 3.05) is 0 Å². The fourth-order valence-corrected chi connectivity index (χ4v) is 2.93. The van der Waals surface area contributed by atoms with E-state index in [1.807, 2.05) is 32.9 Å². The van der Waals surface area contributed by atoms with E-state index in [1.54, 1.807) is 12.1 Å². The molecule has 0 spiro atoms. The molecule has 0 saturated heterocycles. The molecule has 2 nitrogen and oxygen atoms in total. The van der Waals surface area contributed by atoms with E-state index in [0.717, 1.165) is 12.0 Å². The Morgan fingerprint density at radius 1 is 1.40 bits per heavy atom. The highest BCUT2D eigenvalue weighted by Crippen LogP contribution is 2.16. The minimum Gasteiger partial charge on any atom is -0.283 e. The number of benzene rings is 1. The van der Waals surface area contributed by atoms with Crippen molar-refractivity contribution in [3.63, 3.8) is 0 Å². The maximum Gasteiger partial charge on any atom is 0.173 e. The minimum atomic E-state index is -2.76. The van der Waals surface area contributed by atoms with Gasteiger partial charge in [0.2, 0.25) is 0 Å². The molecule has 0 aliphatic rings. The Morgan fingerprint density at radius 3 is 2.40 bits per heavy atom. The van der Waals surface area contributed by atoms with Crippen LogP contribution in [0.2, 0.25) is 0 Å². The van der Waals surface area contributed by atoms with Crippen LogP contribution in [-0.2, 0) is 24.1 Å². The van der Waals surface area contributed by atoms with Crippen molar-refractivity contribution in [1.82, 2.24) is 0 Å². The summed E-state index contributed by atoms with van der Waals surface area (Å²) >= 11 is 5.00. The van der Waals surface area contributed by atoms with E-state index in [2.05, 4.69) is 0 Å². The lowest BCUT2D eigenvalue weighted by atomic mass is 10.2. The molecule has 84 valence electrons. The first-order valence-electron chi connectivity index (χ1n) is 4.95. The Labute approximate surface area is 96.5 Å². The Balaban J connectivity index is 2.91. The highest BCUT2D eigenvalue weighted by molar-refractivity contribution is 8.30. The third kappa shape index (κ3) is 3.55. The van der Waals surface area contributed by atoms with Crippen molar-refractivity contribution >= 4 is 20.0 Å². The topological polar surface area (TPSA) is 26.3 Å². The number of hydrogen-bond acceptors (Lipinski definition) is 3. The molecule has 15 heavy (non-hydrogen) atoms. The van der Waals surface area contributed by atoms with Crippen LogP contribution >= 0.6 is 0 Å². The first-order valence-corrected chi connectivity index (χ1v) is 7.36. The molecule has 2 atom stereocenters. The van der Waals surface area contributed by atoms with E-state index in [0.29, 0.717) is 4.90 Å². The quantitative estimate of drug-likeness (QED) is 0.814. The average Bonchev–Trinajstić information content (AvgIpc) is 2.17. The SMILES string of the molecule is CCC(C)OS(=O)(=S)c1ccc(C)cc1. The zero-order valence-corrected chi connectivity index (χ0v) is 10.9. The summed E-state index contributed by atoms with van der Waals surface area (Å²) in [5.74, 6) is 0. The summed E-state index contributed by atoms with van der Waals surface area (Å²) in [4.78, 5) is 0.586. The fraction of sp³-hybridized carbons (Fsp3) is 0.455. The molecule has 0 amide bonds. The second kappa shape index (κ2) is 5.05. The molecule has 0 fully saturated rings. The van der Waals surface area contributed by atoms with Crippen molar-refractivity contribution in [2.24, 2.45) is 0 Å². The van der Waals surface area contributed by atoms with Gasteiger partial charge in [-0.1, -0.05) is 24.6 Å². The molecule has 1 rings (SSSR count). The van der Waals surface area contributed by atoms with E-state index in [-0.39, 0.29) is 6.10 Å². The van der Waals surface area contributed by atoms with E-state index in [1.165, 1.54) is 0 Å². The van der Waals surface area contributed by atoms with Gasteiger partial charge in [0.25, 0.3) is 0 Å². The minimum absolute atomic E-state index is 0.0729. The molecule has 1 aromatic rings. The predicted octanol–water partition coefficient (Wildman–Crippen LogP) is 2.83. The van der Waals surface area contributed by atoms with Gasteiger partial charge in [0.15, 0.2) is 8.77 Å². The summed E-state index contributed by atoms with van der Waals surface area (Å²) in [5, 5.41) is 0. The maximum atomic E-state index is 12.1.